The molecule has 3 nitrogen and oxygen atoms in total. The normalized spacial score (nSPS) is 13.2. The molecular formula is C15H31NO2. The molecule has 0 aliphatic rings. The molecule has 0 radical (unpaired) electrons. The molecule has 0 aromatic carbocycles. The third kappa shape index (κ3) is 11.7. The van der Waals surface area contributed by atoms with Crippen molar-refractivity contribution in [2.75, 3.05) is 0 Å². The number of ether oxygens (including phenoxy) is 1. The molecule has 18 heavy (non-hydrogen) atoms. The van der Waals surface area contributed by atoms with Crippen LogP contribution in [0.15, 0.2) is 0 Å². The molecule has 0 spiro atoms. The van der Waals surface area contributed by atoms with Crippen molar-refractivity contribution in [3.05, 3.63) is 0 Å². The number of hydrogen-bond acceptors (Lipinski definition) is 2. The van der Waals surface area contributed by atoms with Gasteiger partial charge >= 0.3 is 6.09 Å². The predicted octanol–water partition coefficient (Wildman–Crippen LogP) is 4.65. The Balaban J connectivity index is 3.53. The highest BCUT2D eigenvalue weighted by Gasteiger charge is 2.17. The molecule has 0 rings (SSSR count). The van der Waals surface area contributed by atoms with Crippen molar-refractivity contribution in [3.63, 3.8) is 0 Å². The second-order valence-corrected chi connectivity index (χ2v) is 6.10. The van der Waals surface area contributed by atoms with E-state index in [1.807, 2.05) is 27.7 Å². The minimum absolute atomic E-state index is 0.200. The number of alkyl carbamates (subject to hydrolysis) is 1. The average molecular weight is 257 g/mol. The molecular weight excluding hydrogens is 226 g/mol. The van der Waals surface area contributed by atoms with E-state index in [4.69, 9.17) is 4.74 Å². The highest BCUT2D eigenvalue weighted by Crippen LogP contribution is 2.10. The van der Waals surface area contributed by atoms with E-state index in [1.54, 1.807) is 0 Å². The van der Waals surface area contributed by atoms with Gasteiger partial charge < -0.3 is 10.1 Å². The largest absolute Gasteiger partial charge is 0.444 e. The Bertz CT molecular complexity index is 221. The van der Waals surface area contributed by atoms with E-state index in [-0.39, 0.29) is 12.1 Å². The summed E-state index contributed by atoms with van der Waals surface area (Å²) in [5.41, 5.74) is -0.413. The Morgan fingerprint density at radius 3 is 2.22 bits per heavy atom. The highest BCUT2D eigenvalue weighted by molar-refractivity contribution is 5.67. The number of hydrogen-bond donors (Lipinski definition) is 1. The predicted molar refractivity (Wildman–Crippen MR) is 76.8 cm³/mol. The summed E-state index contributed by atoms with van der Waals surface area (Å²) in [5.74, 6) is 0. The number of carbonyl (C=O) groups is 1. The number of amides is 1. The van der Waals surface area contributed by atoms with E-state index in [0.29, 0.717) is 0 Å². The van der Waals surface area contributed by atoms with Crippen molar-refractivity contribution < 1.29 is 9.53 Å². The number of carbonyl (C=O) groups excluding carboxylic acids is 1. The first-order valence-electron chi connectivity index (χ1n) is 7.34. The van der Waals surface area contributed by atoms with Crippen LogP contribution >= 0.6 is 0 Å². The molecule has 108 valence electrons. The molecule has 0 aliphatic carbocycles. The highest BCUT2D eigenvalue weighted by atomic mass is 16.6. The van der Waals surface area contributed by atoms with Crippen LogP contribution in [-0.2, 0) is 4.74 Å². The third-order valence-electron chi connectivity index (χ3n) is 2.75. The summed E-state index contributed by atoms with van der Waals surface area (Å²) in [6.45, 7) is 9.91. The molecule has 0 fully saturated rings. The summed E-state index contributed by atoms with van der Waals surface area (Å²) >= 11 is 0. The van der Waals surface area contributed by atoms with Gasteiger partial charge in [-0.1, -0.05) is 45.4 Å². The van der Waals surface area contributed by atoms with Gasteiger partial charge in [0, 0.05) is 6.04 Å². The Labute approximate surface area is 113 Å². The molecule has 0 bridgehead atoms. The summed E-state index contributed by atoms with van der Waals surface area (Å²) in [7, 11) is 0. The standard InChI is InChI=1S/C15H31NO2/c1-6-7-8-9-10-11-12-13(2)16-14(17)18-15(3,4)5/h13H,6-12H2,1-5H3,(H,16,17)/t13-/m0/s1. The first-order chi connectivity index (χ1) is 8.35. The lowest BCUT2D eigenvalue weighted by molar-refractivity contribution is 0.0506. The smallest absolute Gasteiger partial charge is 0.407 e. The maximum Gasteiger partial charge on any atom is 0.407 e. The summed E-state index contributed by atoms with van der Waals surface area (Å²) in [4.78, 5) is 11.5. The van der Waals surface area contributed by atoms with E-state index >= 15 is 0 Å². The van der Waals surface area contributed by atoms with Gasteiger partial charge in [0.25, 0.3) is 0 Å². The van der Waals surface area contributed by atoms with E-state index in [0.717, 1.165) is 6.42 Å². The fourth-order valence-electron chi connectivity index (χ4n) is 1.81. The number of rotatable bonds is 8. The maximum atomic E-state index is 11.5. The second kappa shape index (κ2) is 9.23. The SMILES string of the molecule is CCCCCCCC[C@H](C)NC(=O)OC(C)(C)C. The Morgan fingerprint density at radius 1 is 1.11 bits per heavy atom. The molecule has 0 saturated heterocycles. The lowest BCUT2D eigenvalue weighted by Gasteiger charge is -2.21. The maximum absolute atomic E-state index is 11.5. The summed E-state index contributed by atoms with van der Waals surface area (Å²) in [6.07, 6.45) is 8.45. The van der Waals surface area contributed by atoms with E-state index in [2.05, 4.69) is 12.2 Å². The van der Waals surface area contributed by atoms with Gasteiger partial charge in [0.1, 0.15) is 5.60 Å². The van der Waals surface area contributed by atoms with Gasteiger partial charge in [-0.05, 0) is 34.1 Å². The summed E-state index contributed by atoms with van der Waals surface area (Å²) < 4.78 is 5.22. The summed E-state index contributed by atoms with van der Waals surface area (Å²) in [6, 6.07) is 0.200. The molecule has 3 heteroatoms. The van der Waals surface area contributed by atoms with Gasteiger partial charge in [-0.3, -0.25) is 0 Å². The van der Waals surface area contributed by atoms with E-state index in [9.17, 15) is 4.79 Å². The topological polar surface area (TPSA) is 38.3 Å². The lowest BCUT2D eigenvalue weighted by Crippen LogP contribution is -2.37. The van der Waals surface area contributed by atoms with E-state index in [1.165, 1.54) is 38.5 Å². The van der Waals surface area contributed by atoms with Crippen LogP contribution in [-0.4, -0.2) is 17.7 Å². The zero-order chi connectivity index (χ0) is 14.0. The van der Waals surface area contributed by atoms with Crippen LogP contribution in [0.1, 0.15) is 79.6 Å². The molecule has 1 atom stereocenters. The van der Waals surface area contributed by atoms with Crippen molar-refractivity contribution >= 4 is 6.09 Å². The summed E-state index contributed by atoms with van der Waals surface area (Å²) in [5, 5.41) is 2.88. The zero-order valence-electron chi connectivity index (χ0n) is 12.8. The van der Waals surface area contributed by atoms with Gasteiger partial charge in [0.15, 0.2) is 0 Å². The van der Waals surface area contributed by atoms with Crippen LogP contribution in [0.25, 0.3) is 0 Å². The zero-order valence-corrected chi connectivity index (χ0v) is 12.8. The lowest BCUT2D eigenvalue weighted by atomic mass is 10.1. The van der Waals surface area contributed by atoms with Crippen molar-refractivity contribution in [1.29, 1.82) is 0 Å². The van der Waals surface area contributed by atoms with E-state index < -0.39 is 5.60 Å². The third-order valence-corrected chi connectivity index (χ3v) is 2.75. The van der Waals surface area contributed by atoms with Gasteiger partial charge in [-0.2, -0.15) is 0 Å². The van der Waals surface area contributed by atoms with Crippen LogP contribution < -0.4 is 5.32 Å². The van der Waals surface area contributed by atoms with Crippen LogP contribution in [0.2, 0.25) is 0 Å². The van der Waals surface area contributed by atoms with Gasteiger partial charge in [0.2, 0.25) is 0 Å². The number of nitrogens with one attached hydrogen (secondary N) is 1. The van der Waals surface area contributed by atoms with Crippen molar-refractivity contribution in [2.45, 2.75) is 91.2 Å². The molecule has 0 aromatic rings. The molecule has 0 aromatic heterocycles. The minimum Gasteiger partial charge on any atom is -0.444 e. The van der Waals surface area contributed by atoms with Gasteiger partial charge in [-0.15, -0.1) is 0 Å². The van der Waals surface area contributed by atoms with Crippen molar-refractivity contribution in [2.24, 2.45) is 0 Å². The van der Waals surface area contributed by atoms with Crippen LogP contribution in [0.4, 0.5) is 4.79 Å². The van der Waals surface area contributed by atoms with Crippen molar-refractivity contribution in [3.8, 4) is 0 Å². The monoisotopic (exact) mass is 257 g/mol. The van der Waals surface area contributed by atoms with Crippen LogP contribution in [0.3, 0.4) is 0 Å². The van der Waals surface area contributed by atoms with Crippen molar-refractivity contribution in [1.82, 2.24) is 5.32 Å². The second-order valence-electron chi connectivity index (χ2n) is 6.10. The molecule has 0 aliphatic heterocycles. The van der Waals surface area contributed by atoms with Crippen LogP contribution in [0.5, 0.6) is 0 Å². The van der Waals surface area contributed by atoms with Gasteiger partial charge in [0.05, 0.1) is 0 Å². The fraction of sp³-hybridized carbons (Fsp3) is 0.933. The Kier molecular flexibility index (Phi) is 8.86. The average Bonchev–Trinajstić information content (AvgIpc) is 2.20. The minimum atomic E-state index is -0.413. The fourth-order valence-corrected chi connectivity index (χ4v) is 1.81. The molecule has 0 heterocycles. The Morgan fingerprint density at radius 2 is 1.67 bits per heavy atom. The molecule has 0 saturated carbocycles. The molecule has 1 amide bonds. The quantitative estimate of drug-likeness (QED) is 0.643. The first kappa shape index (κ1) is 17.3. The first-order valence-corrected chi connectivity index (χ1v) is 7.34. The van der Waals surface area contributed by atoms with Gasteiger partial charge in [-0.25, -0.2) is 4.79 Å². The van der Waals surface area contributed by atoms with Crippen LogP contribution in [0, 0.1) is 0 Å². The molecule has 0 unspecified atom stereocenters. The Hall–Kier alpha value is -0.730. The molecule has 1 N–H and O–H groups in total. The number of unbranched alkanes of at least 4 members (excludes halogenated alkanes) is 5.